The van der Waals surface area contributed by atoms with Gasteiger partial charge in [0.25, 0.3) is 0 Å². The lowest BCUT2D eigenvalue weighted by molar-refractivity contribution is 0.219. The van der Waals surface area contributed by atoms with Crippen LogP contribution in [0.5, 0.6) is 5.75 Å². The zero-order chi connectivity index (χ0) is 14.7. The smallest absolute Gasteiger partial charge is 0.123 e. The molecule has 0 atom stereocenters. The molecule has 1 heterocycles. The van der Waals surface area contributed by atoms with Crippen molar-refractivity contribution in [2.45, 2.75) is 19.6 Å². The first-order valence-corrected chi connectivity index (χ1v) is 7.16. The maximum Gasteiger partial charge on any atom is 0.123 e. The molecule has 2 aromatic rings. The van der Waals surface area contributed by atoms with Crippen molar-refractivity contribution in [3.63, 3.8) is 0 Å². The van der Waals surface area contributed by atoms with Crippen molar-refractivity contribution >= 4 is 0 Å². The van der Waals surface area contributed by atoms with Gasteiger partial charge in [-0.25, -0.2) is 4.39 Å². The Morgan fingerprint density at radius 3 is 2.86 bits per heavy atom. The Kier molecular flexibility index (Phi) is 4.18. The molecule has 0 bridgehead atoms. The van der Waals surface area contributed by atoms with Crippen LogP contribution in [-0.4, -0.2) is 18.1 Å². The largest absolute Gasteiger partial charge is 0.492 e. The van der Waals surface area contributed by atoms with E-state index in [0.29, 0.717) is 13.2 Å². The number of fused-ring (bicyclic) bond motifs is 1. The van der Waals surface area contributed by atoms with Crippen LogP contribution in [0, 0.1) is 5.82 Å². The molecule has 3 nitrogen and oxygen atoms in total. The van der Waals surface area contributed by atoms with Gasteiger partial charge in [-0.05, 0) is 29.3 Å². The summed E-state index contributed by atoms with van der Waals surface area (Å²) in [5.41, 5.74) is 8.86. The van der Waals surface area contributed by atoms with Gasteiger partial charge in [-0.1, -0.05) is 24.3 Å². The van der Waals surface area contributed by atoms with Gasteiger partial charge in [0, 0.05) is 31.7 Å². The molecule has 0 saturated heterocycles. The molecule has 4 heteroatoms. The minimum atomic E-state index is -0.233. The van der Waals surface area contributed by atoms with Gasteiger partial charge in [0.2, 0.25) is 0 Å². The van der Waals surface area contributed by atoms with Gasteiger partial charge in [0.15, 0.2) is 0 Å². The number of para-hydroxylation sites is 1. The van der Waals surface area contributed by atoms with Crippen LogP contribution in [0.1, 0.15) is 16.7 Å². The zero-order valence-electron chi connectivity index (χ0n) is 11.9. The molecule has 1 aliphatic rings. The summed E-state index contributed by atoms with van der Waals surface area (Å²) in [5, 5.41) is 0. The molecular formula is C17H19FN2O. The molecule has 0 spiro atoms. The Bertz CT molecular complexity index is 630. The van der Waals surface area contributed by atoms with Gasteiger partial charge >= 0.3 is 0 Å². The number of ether oxygens (including phenoxy) is 1. The number of halogens is 1. The Labute approximate surface area is 124 Å². The molecule has 0 aromatic heterocycles. The minimum absolute atomic E-state index is 0.233. The second kappa shape index (κ2) is 6.24. The fourth-order valence-electron chi connectivity index (χ4n) is 2.69. The number of benzene rings is 2. The standard InChI is InChI=1S/C17H19FN2O/c18-16-6-5-13(15(9-16)10-19)11-20-7-8-21-17-4-2-1-3-14(17)12-20/h1-6,9H,7-8,10-12,19H2. The van der Waals surface area contributed by atoms with Crippen molar-refractivity contribution in [2.24, 2.45) is 5.73 Å². The molecule has 110 valence electrons. The Balaban J connectivity index is 1.79. The van der Waals surface area contributed by atoms with Gasteiger partial charge in [0.05, 0.1) is 0 Å². The normalized spacial score (nSPS) is 15.1. The first-order chi connectivity index (χ1) is 10.3. The summed E-state index contributed by atoms with van der Waals surface area (Å²) in [6.45, 7) is 3.45. The highest BCUT2D eigenvalue weighted by molar-refractivity contribution is 5.34. The third kappa shape index (κ3) is 3.23. The third-order valence-electron chi connectivity index (χ3n) is 3.81. The third-order valence-corrected chi connectivity index (χ3v) is 3.81. The van der Waals surface area contributed by atoms with Gasteiger partial charge in [-0.2, -0.15) is 0 Å². The minimum Gasteiger partial charge on any atom is -0.492 e. The van der Waals surface area contributed by atoms with Crippen LogP contribution in [0.25, 0.3) is 0 Å². The molecule has 0 unspecified atom stereocenters. The second-order valence-corrected chi connectivity index (χ2v) is 5.28. The summed E-state index contributed by atoms with van der Waals surface area (Å²) in [7, 11) is 0. The summed E-state index contributed by atoms with van der Waals surface area (Å²) in [4.78, 5) is 2.30. The molecule has 2 N–H and O–H groups in total. The quantitative estimate of drug-likeness (QED) is 0.943. The van der Waals surface area contributed by atoms with E-state index in [9.17, 15) is 4.39 Å². The molecule has 3 rings (SSSR count). The van der Waals surface area contributed by atoms with Gasteiger partial charge in [-0.3, -0.25) is 4.90 Å². The first kappa shape index (κ1) is 14.0. The number of hydrogen-bond acceptors (Lipinski definition) is 3. The fraction of sp³-hybridized carbons (Fsp3) is 0.294. The van der Waals surface area contributed by atoms with Crippen LogP contribution >= 0.6 is 0 Å². The lowest BCUT2D eigenvalue weighted by Gasteiger charge is -2.21. The zero-order valence-corrected chi connectivity index (χ0v) is 11.9. The van der Waals surface area contributed by atoms with E-state index in [1.165, 1.54) is 17.7 Å². The number of nitrogens with two attached hydrogens (primary N) is 1. The van der Waals surface area contributed by atoms with Gasteiger partial charge < -0.3 is 10.5 Å². The van der Waals surface area contributed by atoms with Crippen molar-refractivity contribution < 1.29 is 9.13 Å². The van der Waals surface area contributed by atoms with E-state index in [4.69, 9.17) is 10.5 Å². The lowest BCUT2D eigenvalue weighted by atomic mass is 10.1. The second-order valence-electron chi connectivity index (χ2n) is 5.28. The average molecular weight is 286 g/mol. The number of rotatable bonds is 3. The van der Waals surface area contributed by atoms with Crippen molar-refractivity contribution in [3.05, 3.63) is 65.0 Å². The summed E-state index contributed by atoms with van der Waals surface area (Å²) in [5.74, 6) is 0.724. The predicted molar refractivity (Wildman–Crippen MR) is 80.3 cm³/mol. The molecule has 2 aromatic carbocycles. The fourth-order valence-corrected chi connectivity index (χ4v) is 2.69. The van der Waals surface area contributed by atoms with E-state index >= 15 is 0 Å². The SMILES string of the molecule is NCc1cc(F)ccc1CN1CCOc2ccccc2C1. The maximum absolute atomic E-state index is 13.3. The predicted octanol–water partition coefficient (Wildman–Crippen LogP) is 2.68. The summed E-state index contributed by atoms with van der Waals surface area (Å²) < 4.78 is 19.1. The highest BCUT2D eigenvalue weighted by atomic mass is 19.1. The Morgan fingerprint density at radius 2 is 2.00 bits per heavy atom. The molecule has 0 fully saturated rings. The van der Waals surface area contributed by atoms with Crippen LogP contribution in [-0.2, 0) is 19.6 Å². The lowest BCUT2D eigenvalue weighted by Crippen LogP contribution is -2.26. The van der Waals surface area contributed by atoms with Crippen molar-refractivity contribution in [3.8, 4) is 5.75 Å². The van der Waals surface area contributed by atoms with E-state index < -0.39 is 0 Å². The summed E-state index contributed by atoms with van der Waals surface area (Å²) in [6.07, 6.45) is 0. The van der Waals surface area contributed by atoms with Crippen LogP contribution in [0.15, 0.2) is 42.5 Å². The Morgan fingerprint density at radius 1 is 1.14 bits per heavy atom. The van der Waals surface area contributed by atoms with Crippen molar-refractivity contribution in [2.75, 3.05) is 13.2 Å². The van der Waals surface area contributed by atoms with Crippen molar-refractivity contribution in [1.29, 1.82) is 0 Å². The molecule has 0 aliphatic carbocycles. The summed E-state index contributed by atoms with van der Waals surface area (Å²) >= 11 is 0. The van der Waals surface area contributed by atoms with E-state index in [1.807, 2.05) is 24.3 Å². The summed E-state index contributed by atoms with van der Waals surface area (Å²) in [6, 6.07) is 12.9. The van der Waals surface area contributed by atoms with Crippen LogP contribution < -0.4 is 10.5 Å². The molecule has 0 radical (unpaired) electrons. The highest BCUT2D eigenvalue weighted by Gasteiger charge is 2.16. The van der Waals surface area contributed by atoms with Crippen LogP contribution in [0.2, 0.25) is 0 Å². The molecule has 0 amide bonds. The Hall–Kier alpha value is -1.91. The van der Waals surface area contributed by atoms with Crippen LogP contribution in [0.3, 0.4) is 0 Å². The van der Waals surface area contributed by atoms with Gasteiger partial charge in [-0.15, -0.1) is 0 Å². The molecule has 0 saturated carbocycles. The van der Waals surface area contributed by atoms with E-state index in [2.05, 4.69) is 11.0 Å². The number of hydrogen-bond donors (Lipinski definition) is 1. The monoisotopic (exact) mass is 286 g/mol. The van der Waals surface area contributed by atoms with E-state index in [0.717, 1.165) is 36.5 Å². The maximum atomic E-state index is 13.3. The molecule has 21 heavy (non-hydrogen) atoms. The molecular weight excluding hydrogens is 267 g/mol. The molecule has 1 aliphatic heterocycles. The van der Waals surface area contributed by atoms with E-state index in [-0.39, 0.29) is 5.82 Å². The topological polar surface area (TPSA) is 38.5 Å². The first-order valence-electron chi connectivity index (χ1n) is 7.16. The van der Waals surface area contributed by atoms with Gasteiger partial charge in [0.1, 0.15) is 18.2 Å². The van der Waals surface area contributed by atoms with E-state index in [1.54, 1.807) is 0 Å². The van der Waals surface area contributed by atoms with Crippen LogP contribution in [0.4, 0.5) is 4.39 Å². The number of nitrogens with zero attached hydrogens (tertiary/aromatic N) is 1. The van der Waals surface area contributed by atoms with Crippen molar-refractivity contribution in [1.82, 2.24) is 4.90 Å². The average Bonchev–Trinajstić information content (AvgIpc) is 2.70. The highest BCUT2D eigenvalue weighted by Crippen LogP contribution is 2.24.